The van der Waals surface area contributed by atoms with Crippen LogP contribution in [0.15, 0.2) is 60.7 Å². The summed E-state index contributed by atoms with van der Waals surface area (Å²) in [6, 6.07) is 17.3. The van der Waals surface area contributed by atoms with E-state index in [1.807, 2.05) is 50.2 Å². The predicted molar refractivity (Wildman–Crippen MR) is 117 cm³/mol. The highest BCUT2D eigenvalue weighted by atomic mass is 32.2. The van der Waals surface area contributed by atoms with Crippen LogP contribution >= 0.6 is 11.8 Å². The van der Waals surface area contributed by atoms with E-state index in [9.17, 15) is 19.5 Å². The molecule has 0 aliphatic carbocycles. The van der Waals surface area contributed by atoms with Crippen LogP contribution in [0.3, 0.4) is 0 Å². The third-order valence-electron chi connectivity index (χ3n) is 5.58. The van der Waals surface area contributed by atoms with Crippen molar-refractivity contribution < 1.29 is 24.2 Å². The summed E-state index contributed by atoms with van der Waals surface area (Å²) in [6.45, 7) is 3.85. The van der Waals surface area contributed by atoms with Gasteiger partial charge in [0.1, 0.15) is 24.7 Å². The van der Waals surface area contributed by atoms with Crippen LogP contribution in [0.2, 0.25) is 0 Å². The van der Waals surface area contributed by atoms with Crippen LogP contribution in [-0.2, 0) is 25.7 Å². The fraction of sp³-hybridized carbons (Fsp3) is 0.348. The molecule has 2 aromatic rings. The van der Waals surface area contributed by atoms with Gasteiger partial charge in [0.2, 0.25) is 5.91 Å². The Morgan fingerprint density at radius 2 is 1.74 bits per heavy atom. The summed E-state index contributed by atoms with van der Waals surface area (Å²) in [7, 11) is 0. The fourth-order valence-electron chi connectivity index (χ4n) is 4.02. The lowest BCUT2D eigenvalue weighted by Gasteiger charge is -2.45. The summed E-state index contributed by atoms with van der Waals surface area (Å²) in [6.07, 6.45) is -1.50. The number of aliphatic hydroxyl groups is 1. The fourth-order valence-corrected chi connectivity index (χ4v) is 5.73. The number of ether oxygens (including phenoxy) is 1. The lowest BCUT2D eigenvalue weighted by molar-refractivity contribution is -0.173. The molecule has 0 aromatic heterocycles. The Morgan fingerprint density at radius 1 is 1.13 bits per heavy atom. The third kappa shape index (κ3) is 4.05. The van der Waals surface area contributed by atoms with Gasteiger partial charge in [-0.05, 0) is 31.5 Å². The van der Waals surface area contributed by atoms with Crippen LogP contribution < -0.4 is 5.32 Å². The van der Waals surface area contributed by atoms with Crippen LogP contribution in [0, 0.1) is 5.92 Å². The van der Waals surface area contributed by atoms with E-state index in [1.165, 1.54) is 16.7 Å². The number of benzene rings is 2. The first kappa shape index (κ1) is 21.4. The number of para-hydroxylation sites is 1. The molecule has 8 heteroatoms. The number of fused-ring (bicyclic) bond motifs is 1. The zero-order valence-electron chi connectivity index (χ0n) is 17.2. The minimum atomic E-state index is -1.50. The van der Waals surface area contributed by atoms with Crippen LogP contribution in [0.25, 0.3) is 0 Å². The average Bonchev–Trinajstić information content (AvgIpc) is 3.00. The molecule has 0 bridgehead atoms. The number of esters is 1. The maximum atomic E-state index is 12.9. The molecule has 0 saturated carbocycles. The Kier molecular flexibility index (Phi) is 5.77. The quantitative estimate of drug-likeness (QED) is 0.529. The predicted octanol–water partition coefficient (Wildman–Crippen LogP) is 2.41. The molecule has 2 N–H and O–H groups in total. The molecule has 0 radical (unpaired) electrons. The molecule has 31 heavy (non-hydrogen) atoms. The highest BCUT2D eigenvalue weighted by Crippen LogP contribution is 2.54. The second kappa shape index (κ2) is 8.36. The molecule has 2 aliphatic heterocycles. The van der Waals surface area contributed by atoms with Crippen molar-refractivity contribution in [2.24, 2.45) is 5.92 Å². The zero-order valence-corrected chi connectivity index (χ0v) is 18.0. The van der Waals surface area contributed by atoms with E-state index < -0.39 is 46.0 Å². The maximum Gasteiger partial charge on any atom is 0.330 e. The number of anilines is 1. The Bertz CT molecular complexity index is 982. The standard InChI is InChI=1S/C23H24N2O5S/c1-23(2)18(22(29)30-13-14-9-5-3-6-10-14)25-20(28)16(21(25)31-23)17(26)19(27)24-15-11-7-4-8-12-15/h3-12,16-18,21,26H,13H2,1-2H3,(H,24,27)/t16-,17+,18+,21-/m1/s1. The van der Waals surface area contributed by atoms with Crippen LogP contribution in [0.5, 0.6) is 0 Å². The molecule has 7 nitrogen and oxygen atoms in total. The van der Waals surface area contributed by atoms with Crippen molar-refractivity contribution in [3.05, 3.63) is 66.2 Å². The van der Waals surface area contributed by atoms with Gasteiger partial charge in [0.25, 0.3) is 5.91 Å². The van der Waals surface area contributed by atoms with E-state index >= 15 is 0 Å². The SMILES string of the molecule is CC1(C)S[C@@H]2[C@H]([C@H](O)C(=O)Nc3ccccc3)C(=O)N2[C@H]1C(=O)OCc1ccccc1. The van der Waals surface area contributed by atoms with Crippen molar-refractivity contribution in [2.75, 3.05) is 5.32 Å². The molecule has 2 heterocycles. The number of aliphatic hydroxyl groups excluding tert-OH is 1. The second-order valence-electron chi connectivity index (χ2n) is 8.18. The summed E-state index contributed by atoms with van der Waals surface area (Å²) < 4.78 is 4.87. The van der Waals surface area contributed by atoms with Crippen LogP contribution in [0.1, 0.15) is 19.4 Å². The topological polar surface area (TPSA) is 95.9 Å². The van der Waals surface area contributed by atoms with Crippen LogP contribution in [-0.4, -0.2) is 50.1 Å². The summed E-state index contributed by atoms with van der Waals surface area (Å²) in [5, 5.41) is 12.7. The minimum absolute atomic E-state index is 0.120. The molecule has 2 saturated heterocycles. The minimum Gasteiger partial charge on any atom is -0.459 e. The maximum absolute atomic E-state index is 12.9. The van der Waals surface area contributed by atoms with Crippen molar-refractivity contribution in [3.63, 3.8) is 0 Å². The molecular formula is C23H24N2O5S. The third-order valence-corrected chi connectivity index (χ3v) is 7.17. The van der Waals surface area contributed by atoms with E-state index in [-0.39, 0.29) is 6.61 Å². The number of β-lactam (4-membered cyclic amide) rings is 1. The van der Waals surface area contributed by atoms with E-state index in [0.29, 0.717) is 5.69 Å². The van der Waals surface area contributed by atoms with E-state index in [4.69, 9.17) is 4.74 Å². The monoisotopic (exact) mass is 440 g/mol. The lowest BCUT2D eigenvalue weighted by atomic mass is 9.87. The molecular weight excluding hydrogens is 416 g/mol. The Hall–Kier alpha value is -2.84. The van der Waals surface area contributed by atoms with Gasteiger partial charge in [0.05, 0.1) is 5.37 Å². The highest BCUT2D eigenvalue weighted by Gasteiger charge is 2.66. The number of amides is 2. The lowest BCUT2D eigenvalue weighted by Crippen LogP contribution is -2.66. The number of nitrogens with one attached hydrogen (secondary N) is 1. The van der Waals surface area contributed by atoms with Gasteiger partial charge in [-0.25, -0.2) is 4.79 Å². The summed E-state index contributed by atoms with van der Waals surface area (Å²) in [4.78, 5) is 39.7. The van der Waals surface area contributed by atoms with Crippen LogP contribution in [0.4, 0.5) is 5.69 Å². The number of hydrogen-bond donors (Lipinski definition) is 2. The molecule has 0 unspecified atom stereocenters. The van der Waals surface area contributed by atoms with Gasteiger partial charge in [-0.1, -0.05) is 48.5 Å². The molecule has 4 rings (SSSR count). The van der Waals surface area contributed by atoms with E-state index in [2.05, 4.69) is 5.32 Å². The molecule has 0 spiro atoms. The van der Waals surface area contributed by atoms with Gasteiger partial charge in [0.15, 0.2) is 0 Å². The summed E-state index contributed by atoms with van der Waals surface area (Å²) in [5.41, 5.74) is 1.40. The van der Waals surface area contributed by atoms with Crippen molar-refractivity contribution in [2.45, 2.75) is 42.7 Å². The van der Waals surface area contributed by atoms with Crippen molar-refractivity contribution in [3.8, 4) is 0 Å². The van der Waals surface area contributed by atoms with E-state index in [0.717, 1.165) is 5.56 Å². The second-order valence-corrected chi connectivity index (χ2v) is 9.95. The zero-order chi connectivity index (χ0) is 22.2. The van der Waals surface area contributed by atoms with Gasteiger partial charge in [0, 0.05) is 10.4 Å². The number of carbonyl (C=O) groups excluding carboxylic acids is 3. The van der Waals surface area contributed by atoms with Crippen molar-refractivity contribution >= 4 is 35.2 Å². The molecule has 4 atom stereocenters. The van der Waals surface area contributed by atoms with Crippen molar-refractivity contribution in [1.29, 1.82) is 0 Å². The largest absolute Gasteiger partial charge is 0.459 e. The Morgan fingerprint density at radius 3 is 2.39 bits per heavy atom. The van der Waals surface area contributed by atoms with Gasteiger partial charge in [-0.15, -0.1) is 11.8 Å². The first-order valence-corrected chi connectivity index (χ1v) is 10.9. The number of rotatable bonds is 6. The highest BCUT2D eigenvalue weighted by molar-refractivity contribution is 8.01. The van der Waals surface area contributed by atoms with Crippen molar-refractivity contribution in [1.82, 2.24) is 4.90 Å². The normalized spacial score (nSPS) is 24.7. The van der Waals surface area contributed by atoms with Gasteiger partial charge < -0.3 is 20.1 Å². The van der Waals surface area contributed by atoms with E-state index in [1.54, 1.807) is 24.3 Å². The molecule has 2 fully saturated rings. The first-order valence-electron chi connectivity index (χ1n) is 10.0. The number of nitrogens with zero attached hydrogens (tertiary/aromatic N) is 1. The van der Waals surface area contributed by atoms with Gasteiger partial charge in [-0.2, -0.15) is 0 Å². The summed E-state index contributed by atoms with van der Waals surface area (Å²) >= 11 is 1.40. The van der Waals surface area contributed by atoms with Gasteiger partial charge in [-0.3, -0.25) is 9.59 Å². The first-order chi connectivity index (χ1) is 14.8. The van der Waals surface area contributed by atoms with Gasteiger partial charge >= 0.3 is 5.97 Å². The number of hydrogen-bond acceptors (Lipinski definition) is 6. The molecule has 2 aliphatic rings. The molecule has 162 valence electrons. The number of carbonyl (C=O) groups is 3. The Labute approximate surface area is 184 Å². The molecule has 2 amide bonds. The average molecular weight is 441 g/mol. The smallest absolute Gasteiger partial charge is 0.330 e. The summed E-state index contributed by atoms with van der Waals surface area (Å²) in [5.74, 6) is -2.45. The Balaban J connectivity index is 1.43. The number of thioether (sulfide) groups is 1. The molecule has 2 aromatic carbocycles.